The smallest absolute Gasteiger partial charge is 0.242 e. The topological polar surface area (TPSA) is 106 Å². The zero-order chi connectivity index (χ0) is 30.0. The number of nitrogens with zero attached hydrogens (tertiary/aromatic N) is 1. The largest absolute Gasteiger partial charge is 0.490 e. The third kappa shape index (κ3) is 8.91. The van der Waals surface area contributed by atoms with Crippen LogP contribution in [0.1, 0.15) is 41.6 Å². The SMILES string of the molecule is CCOc1cc(/C=N\NC(=O)C[C@@H](NS(=O)(=O)c2ccc(C)cc2)c2ccccc2)ccc1OCc1ccc(Cl)cc1. The van der Waals surface area contributed by atoms with Crippen molar-refractivity contribution in [1.29, 1.82) is 0 Å². The summed E-state index contributed by atoms with van der Waals surface area (Å²) in [6.07, 6.45) is 1.32. The van der Waals surface area contributed by atoms with Gasteiger partial charge in [-0.3, -0.25) is 4.79 Å². The molecule has 2 N–H and O–H groups in total. The van der Waals surface area contributed by atoms with Gasteiger partial charge in [0, 0.05) is 11.4 Å². The van der Waals surface area contributed by atoms with Crippen molar-refractivity contribution in [2.45, 2.75) is 37.8 Å². The van der Waals surface area contributed by atoms with Crippen molar-refractivity contribution >= 4 is 33.7 Å². The number of carbonyl (C=O) groups excluding carboxylic acids is 1. The van der Waals surface area contributed by atoms with Crippen molar-refractivity contribution in [2.75, 3.05) is 6.61 Å². The predicted molar refractivity (Wildman–Crippen MR) is 164 cm³/mol. The van der Waals surface area contributed by atoms with Crippen LogP contribution in [0.5, 0.6) is 11.5 Å². The van der Waals surface area contributed by atoms with E-state index in [1.54, 1.807) is 66.7 Å². The molecule has 4 rings (SSSR count). The van der Waals surface area contributed by atoms with Gasteiger partial charge in [0.25, 0.3) is 0 Å². The molecule has 0 aliphatic carbocycles. The molecule has 8 nitrogen and oxygen atoms in total. The molecule has 0 unspecified atom stereocenters. The number of rotatable bonds is 13. The Morgan fingerprint density at radius 3 is 2.33 bits per heavy atom. The first-order valence-corrected chi connectivity index (χ1v) is 15.2. The summed E-state index contributed by atoms with van der Waals surface area (Å²) in [5, 5.41) is 4.73. The lowest BCUT2D eigenvalue weighted by atomic mass is 10.0. The van der Waals surface area contributed by atoms with Crippen LogP contribution in [0.2, 0.25) is 5.02 Å². The second-order valence-corrected chi connectivity index (χ2v) is 11.6. The maximum Gasteiger partial charge on any atom is 0.242 e. The molecular weight excluding hydrogens is 574 g/mol. The Morgan fingerprint density at radius 2 is 1.64 bits per heavy atom. The van der Waals surface area contributed by atoms with Gasteiger partial charge in [-0.2, -0.15) is 5.10 Å². The first-order valence-electron chi connectivity index (χ1n) is 13.3. The molecular formula is C32H32ClN3O5S. The lowest BCUT2D eigenvalue weighted by molar-refractivity contribution is -0.121. The first-order chi connectivity index (χ1) is 20.2. The summed E-state index contributed by atoms with van der Waals surface area (Å²) >= 11 is 5.95. The minimum Gasteiger partial charge on any atom is -0.490 e. The lowest BCUT2D eigenvalue weighted by Crippen LogP contribution is -2.32. The van der Waals surface area contributed by atoms with Crippen LogP contribution in [0.25, 0.3) is 0 Å². The van der Waals surface area contributed by atoms with E-state index in [0.29, 0.717) is 40.9 Å². The number of benzene rings is 4. The first kappa shape index (κ1) is 30.8. The van der Waals surface area contributed by atoms with Crippen molar-refractivity contribution in [1.82, 2.24) is 10.1 Å². The molecule has 0 bridgehead atoms. The fraction of sp³-hybridized carbons (Fsp3) is 0.188. The second kappa shape index (κ2) is 14.6. The molecule has 0 spiro atoms. The number of halogens is 1. The Labute approximate surface area is 251 Å². The predicted octanol–water partition coefficient (Wildman–Crippen LogP) is 6.19. The van der Waals surface area contributed by atoms with Crippen LogP contribution in [-0.4, -0.2) is 27.1 Å². The Kier molecular flexibility index (Phi) is 10.7. The van der Waals surface area contributed by atoms with Crippen LogP contribution in [-0.2, 0) is 21.4 Å². The third-order valence-electron chi connectivity index (χ3n) is 6.20. The van der Waals surface area contributed by atoms with Gasteiger partial charge in [-0.15, -0.1) is 0 Å². The van der Waals surface area contributed by atoms with Gasteiger partial charge in [0.2, 0.25) is 15.9 Å². The van der Waals surface area contributed by atoms with Crippen LogP contribution >= 0.6 is 11.6 Å². The van der Waals surface area contributed by atoms with Crippen LogP contribution in [0, 0.1) is 6.92 Å². The third-order valence-corrected chi connectivity index (χ3v) is 7.94. The van der Waals surface area contributed by atoms with Gasteiger partial charge >= 0.3 is 0 Å². The molecule has 1 atom stereocenters. The van der Waals surface area contributed by atoms with E-state index in [0.717, 1.165) is 11.1 Å². The van der Waals surface area contributed by atoms with E-state index in [-0.39, 0.29) is 11.3 Å². The summed E-state index contributed by atoms with van der Waals surface area (Å²) in [5.41, 5.74) is 5.73. The summed E-state index contributed by atoms with van der Waals surface area (Å²) in [5.74, 6) is 0.649. The fourth-order valence-electron chi connectivity index (χ4n) is 4.03. The number of amides is 1. The molecule has 1 amide bonds. The average Bonchev–Trinajstić information content (AvgIpc) is 2.98. The number of nitrogens with one attached hydrogen (secondary N) is 2. The van der Waals surface area contributed by atoms with Crippen LogP contribution < -0.4 is 19.6 Å². The summed E-state index contributed by atoms with van der Waals surface area (Å²) in [4.78, 5) is 13.0. The maximum atomic E-state index is 13.1. The van der Waals surface area contributed by atoms with Crippen molar-refractivity contribution in [3.05, 3.63) is 124 Å². The summed E-state index contributed by atoms with van der Waals surface area (Å²) in [6.45, 7) is 4.54. The highest BCUT2D eigenvalue weighted by Crippen LogP contribution is 2.29. The van der Waals surface area contributed by atoms with Crippen LogP contribution in [0.3, 0.4) is 0 Å². The fourth-order valence-corrected chi connectivity index (χ4v) is 5.38. The maximum absolute atomic E-state index is 13.1. The van der Waals surface area contributed by atoms with Gasteiger partial charge < -0.3 is 9.47 Å². The molecule has 0 saturated heterocycles. The van der Waals surface area contributed by atoms with Gasteiger partial charge in [0.15, 0.2) is 11.5 Å². The van der Waals surface area contributed by atoms with Crippen molar-refractivity contribution in [3.63, 3.8) is 0 Å². The molecule has 0 fully saturated rings. The van der Waals surface area contributed by atoms with Crippen molar-refractivity contribution in [2.24, 2.45) is 5.10 Å². The average molecular weight is 606 g/mol. The standard InChI is InChI=1S/C32H32ClN3O5S/c1-3-40-31-19-25(13-18-30(31)41-22-24-11-14-27(33)15-12-24)21-34-35-32(37)20-29(26-7-5-4-6-8-26)36-42(38,39)28-16-9-23(2)10-17-28/h4-19,21,29,36H,3,20,22H2,1-2H3,(H,35,37)/b34-21-/t29-/m1/s1. The minimum atomic E-state index is -3.87. The Balaban J connectivity index is 1.41. The van der Waals surface area contributed by atoms with Gasteiger partial charge in [-0.1, -0.05) is 71.8 Å². The van der Waals surface area contributed by atoms with E-state index in [4.69, 9.17) is 21.1 Å². The molecule has 0 saturated carbocycles. The molecule has 42 heavy (non-hydrogen) atoms. The highest BCUT2D eigenvalue weighted by Gasteiger charge is 2.23. The van der Waals surface area contributed by atoms with Crippen LogP contribution in [0.15, 0.2) is 107 Å². The van der Waals surface area contributed by atoms with Crippen molar-refractivity contribution in [3.8, 4) is 11.5 Å². The Morgan fingerprint density at radius 1 is 0.929 bits per heavy atom. The van der Waals surface area contributed by atoms with E-state index in [2.05, 4.69) is 15.2 Å². The number of hydrogen-bond donors (Lipinski definition) is 2. The highest BCUT2D eigenvalue weighted by molar-refractivity contribution is 7.89. The monoisotopic (exact) mass is 605 g/mol. The number of hydrazone groups is 1. The van der Waals surface area contributed by atoms with E-state index >= 15 is 0 Å². The van der Waals surface area contributed by atoms with Crippen LogP contribution in [0.4, 0.5) is 0 Å². The van der Waals surface area contributed by atoms with Gasteiger partial charge in [-0.25, -0.2) is 18.6 Å². The van der Waals surface area contributed by atoms with Gasteiger partial charge in [0.05, 0.1) is 23.8 Å². The normalized spacial score (nSPS) is 12.2. The Bertz CT molecular complexity index is 1610. The molecule has 0 aromatic heterocycles. The number of sulfonamides is 1. The molecule has 218 valence electrons. The summed E-state index contributed by atoms with van der Waals surface area (Å²) < 4.78 is 40.5. The Hall–Kier alpha value is -4.18. The quantitative estimate of drug-likeness (QED) is 0.140. The molecule has 4 aromatic carbocycles. The number of carbonyl (C=O) groups is 1. The minimum absolute atomic E-state index is 0.123. The van der Waals surface area contributed by atoms with Gasteiger partial charge in [-0.05, 0) is 73.0 Å². The molecule has 0 aliphatic rings. The summed E-state index contributed by atoms with van der Waals surface area (Å²) in [6, 6.07) is 27.4. The molecule has 0 radical (unpaired) electrons. The number of aryl methyl sites for hydroxylation is 1. The van der Waals surface area contributed by atoms with Gasteiger partial charge in [0.1, 0.15) is 6.61 Å². The highest BCUT2D eigenvalue weighted by atomic mass is 35.5. The number of ether oxygens (including phenoxy) is 2. The zero-order valence-electron chi connectivity index (χ0n) is 23.3. The molecule has 0 aliphatic heterocycles. The van der Waals surface area contributed by atoms with E-state index in [1.807, 2.05) is 32.0 Å². The molecule has 4 aromatic rings. The lowest BCUT2D eigenvalue weighted by Gasteiger charge is -2.18. The van der Waals surface area contributed by atoms with E-state index in [1.165, 1.54) is 18.3 Å². The summed E-state index contributed by atoms with van der Waals surface area (Å²) in [7, 11) is -3.87. The van der Waals surface area contributed by atoms with E-state index in [9.17, 15) is 13.2 Å². The van der Waals surface area contributed by atoms with E-state index < -0.39 is 22.0 Å². The zero-order valence-corrected chi connectivity index (χ0v) is 24.9. The van der Waals surface area contributed by atoms with Crippen molar-refractivity contribution < 1.29 is 22.7 Å². The number of hydrogen-bond acceptors (Lipinski definition) is 6. The molecule has 0 heterocycles. The second-order valence-electron chi connectivity index (χ2n) is 9.45. The molecule has 10 heteroatoms.